The van der Waals surface area contributed by atoms with Crippen LogP contribution < -0.4 is 5.73 Å². The molecule has 4 rings (SSSR count). The van der Waals surface area contributed by atoms with E-state index in [0.717, 1.165) is 64.7 Å². The SMILES string of the molecule is NC(=O)[C@]12CCC[C@H](CC1)N2CCN1CCN(S(=O)(=O)CC2CCCCC2)CC1. The lowest BCUT2D eigenvalue weighted by molar-refractivity contribution is -0.131. The number of carbonyl (C=O) groups excluding carboxylic acids is 1. The predicted molar refractivity (Wildman–Crippen MR) is 114 cm³/mol. The minimum atomic E-state index is -3.14. The van der Waals surface area contributed by atoms with E-state index in [-0.39, 0.29) is 5.91 Å². The molecule has 7 nitrogen and oxygen atoms in total. The molecule has 8 heteroatoms. The van der Waals surface area contributed by atoms with Gasteiger partial charge in [0.05, 0.1) is 5.75 Å². The molecule has 2 N–H and O–H groups in total. The number of nitrogens with two attached hydrogens (primary N) is 1. The second-order valence-electron chi connectivity index (χ2n) is 9.70. The maximum Gasteiger partial charge on any atom is 0.237 e. The molecule has 1 aliphatic carbocycles. The van der Waals surface area contributed by atoms with E-state index in [1.807, 2.05) is 0 Å². The lowest BCUT2D eigenvalue weighted by atomic mass is 9.87. The molecule has 2 atom stereocenters. The Balaban J connectivity index is 1.26. The molecule has 3 saturated heterocycles. The van der Waals surface area contributed by atoms with Gasteiger partial charge in [0.25, 0.3) is 0 Å². The first kappa shape index (κ1) is 21.5. The number of hydrogen-bond donors (Lipinski definition) is 1. The zero-order valence-electron chi connectivity index (χ0n) is 17.7. The van der Waals surface area contributed by atoms with Crippen molar-refractivity contribution in [2.45, 2.75) is 75.8 Å². The van der Waals surface area contributed by atoms with E-state index in [2.05, 4.69) is 9.80 Å². The Morgan fingerprint density at radius 3 is 2.31 bits per heavy atom. The molecule has 1 amide bonds. The third kappa shape index (κ3) is 4.50. The fourth-order valence-corrected chi connectivity index (χ4v) is 8.13. The summed E-state index contributed by atoms with van der Waals surface area (Å²) in [5.41, 5.74) is 5.39. The highest BCUT2D eigenvalue weighted by molar-refractivity contribution is 7.89. The van der Waals surface area contributed by atoms with Crippen molar-refractivity contribution >= 4 is 15.9 Å². The quantitative estimate of drug-likeness (QED) is 0.665. The first-order valence-electron chi connectivity index (χ1n) is 11.7. The van der Waals surface area contributed by atoms with Crippen LogP contribution in [-0.4, -0.2) is 85.0 Å². The molecule has 29 heavy (non-hydrogen) atoms. The Morgan fingerprint density at radius 1 is 0.897 bits per heavy atom. The van der Waals surface area contributed by atoms with Crippen molar-refractivity contribution in [2.24, 2.45) is 11.7 Å². The number of primary amides is 1. The maximum atomic E-state index is 12.8. The van der Waals surface area contributed by atoms with Crippen LogP contribution in [-0.2, 0) is 14.8 Å². The normalized spacial score (nSPS) is 33.2. The van der Waals surface area contributed by atoms with Gasteiger partial charge in [-0.15, -0.1) is 0 Å². The number of carbonyl (C=O) groups is 1. The second-order valence-corrected chi connectivity index (χ2v) is 11.7. The summed E-state index contributed by atoms with van der Waals surface area (Å²) in [5.74, 6) is 0.536. The number of sulfonamides is 1. The van der Waals surface area contributed by atoms with Gasteiger partial charge in [0.15, 0.2) is 0 Å². The molecule has 3 aliphatic heterocycles. The molecule has 0 aromatic heterocycles. The molecular weight excluding hydrogens is 388 g/mol. The zero-order valence-corrected chi connectivity index (χ0v) is 18.5. The Morgan fingerprint density at radius 2 is 1.62 bits per heavy atom. The highest BCUT2D eigenvalue weighted by Crippen LogP contribution is 2.43. The lowest BCUT2D eigenvalue weighted by Crippen LogP contribution is -2.60. The van der Waals surface area contributed by atoms with Crippen molar-refractivity contribution in [2.75, 3.05) is 45.0 Å². The van der Waals surface area contributed by atoms with Crippen LogP contribution >= 0.6 is 0 Å². The number of hydrogen-bond acceptors (Lipinski definition) is 5. The van der Waals surface area contributed by atoms with E-state index in [4.69, 9.17) is 5.73 Å². The van der Waals surface area contributed by atoms with E-state index >= 15 is 0 Å². The van der Waals surface area contributed by atoms with Crippen LogP contribution in [0, 0.1) is 5.92 Å². The third-order valence-corrected chi connectivity index (χ3v) is 10.1. The Kier molecular flexibility index (Phi) is 6.54. The Labute approximate surface area is 176 Å². The van der Waals surface area contributed by atoms with Crippen LogP contribution in [0.2, 0.25) is 0 Å². The summed E-state index contributed by atoms with van der Waals surface area (Å²) in [6.07, 6.45) is 10.9. The van der Waals surface area contributed by atoms with Gasteiger partial charge in [-0.05, 0) is 50.9 Å². The van der Waals surface area contributed by atoms with Crippen LogP contribution in [0.1, 0.15) is 64.2 Å². The number of rotatable bonds is 7. The van der Waals surface area contributed by atoms with Gasteiger partial charge in [0.2, 0.25) is 15.9 Å². The minimum absolute atomic E-state index is 0.154. The lowest BCUT2D eigenvalue weighted by Gasteiger charge is -2.44. The van der Waals surface area contributed by atoms with E-state index in [9.17, 15) is 13.2 Å². The van der Waals surface area contributed by atoms with E-state index in [0.29, 0.717) is 30.8 Å². The van der Waals surface area contributed by atoms with Crippen molar-refractivity contribution < 1.29 is 13.2 Å². The molecule has 0 aromatic rings. The van der Waals surface area contributed by atoms with Gasteiger partial charge in [-0.1, -0.05) is 19.3 Å². The molecule has 4 fully saturated rings. The number of nitrogens with zero attached hydrogens (tertiary/aromatic N) is 3. The number of piperazine rings is 1. The molecule has 166 valence electrons. The Bertz CT molecular complexity index is 682. The van der Waals surface area contributed by atoms with Crippen LogP contribution in [0.3, 0.4) is 0 Å². The summed E-state index contributed by atoms with van der Waals surface area (Å²) in [6.45, 7) is 4.52. The molecule has 4 aliphatic rings. The molecule has 0 aromatic carbocycles. The zero-order chi connectivity index (χ0) is 20.5. The fourth-order valence-electron chi connectivity index (χ4n) is 6.28. The first-order valence-corrected chi connectivity index (χ1v) is 13.3. The van der Waals surface area contributed by atoms with Gasteiger partial charge >= 0.3 is 0 Å². The topological polar surface area (TPSA) is 87.0 Å². The Hall–Kier alpha value is -0.700. The van der Waals surface area contributed by atoms with Crippen LogP contribution in [0.25, 0.3) is 0 Å². The van der Waals surface area contributed by atoms with E-state index in [1.165, 1.54) is 25.7 Å². The summed E-state index contributed by atoms with van der Waals surface area (Å²) < 4.78 is 27.4. The van der Waals surface area contributed by atoms with Gasteiger partial charge in [-0.2, -0.15) is 4.31 Å². The predicted octanol–water partition coefficient (Wildman–Crippen LogP) is 1.39. The van der Waals surface area contributed by atoms with Crippen molar-refractivity contribution in [3.05, 3.63) is 0 Å². The maximum absolute atomic E-state index is 12.8. The van der Waals surface area contributed by atoms with Crippen LogP contribution in [0.5, 0.6) is 0 Å². The second kappa shape index (κ2) is 8.81. The molecule has 0 radical (unpaired) electrons. The molecule has 1 saturated carbocycles. The van der Waals surface area contributed by atoms with Crippen LogP contribution in [0.4, 0.5) is 0 Å². The number of piperidine rings is 1. The van der Waals surface area contributed by atoms with Crippen molar-refractivity contribution in [1.29, 1.82) is 0 Å². The van der Waals surface area contributed by atoms with Gasteiger partial charge in [0.1, 0.15) is 5.54 Å². The van der Waals surface area contributed by atoms with Crippen LogP contribution in [0.15, 0.2) is 0 Å². The highest BCUT2D eigenvalue weighted by Gasteiger charge is 2.52. The van der Waals surface area contributed by atoms with Gasteiger partial charge in [-0.25, -0.2) is 8.42 Å². The summed E-state index contributed by atoms with van der Waals surface area (Å²) >= 11 is 0. The average molecular weight is 427 g/mol. The summed E-state index contributed by atoms with van der Waals surface area (Å²) in [6, 6.07) is 0.494. The molecule has 2 bridgehead atoms. The largest absolute Gasteiger partial charge is 0.368 e. The molecule has 0 spiro atoms. The first-order chi connectivity index (χ1) is 13.9. The summed E-state index contributed by atoms with van der Waals surface area (Å²) in [7, 11) is -3.14. The van der Waals surface area contributed by atoms with E-state index in [1.54, 1.807) is 4.31 Å². The summed E-state index contributed by atoms with van der Waals surface area (Å²) in [5, 5.41) is 0. The van der Waals surface area contributed by atoms with Crippen molar-refractivity contribution in [3.63, 3.8) is 0 Å². The van der Waals surface area contributed by atoms with Gasteiger partial charge < -0.3 is 5.73 Å². The van der Waals surface area contributed by atoms with Gasteiger partial charge in [0, 0.05) is 45.3 Å². The third-order valence-electron chi connectivity index (χ3n) is 8.02. The monoisotopic (exact) mass is 426 g/mol. The molecule has 0 unspecified atom stereocenters. The molecule has 3 heterocycles. The number of fused-ring (bicyclic) bond motifs is 2. The standard InChI is InChI=1S/C21H38N4O3S/c22-20(26)21-9-4-7-19(8-10-21)25(21)16-13-23-11-14-24(15-12-23)29(27,28)17-18-5-2-1-3-6-18/h18-19H,1-17H2,(H2,22,26)/t19-,21+/m1/s1. The molecular formula is C21H38N4O3S. The highest BCUT2D eigenvalue weighted by atomic mass is 32.2. The number of amides is 1. The van der Waals surface area contributed by atoms with E-state index < -0.39 is 15.6 Å². The van der Waals surface area contributed by atoms with Crippen molar-refractivity contribution in [1.82, 2.24) is 14.1 Å². The average Bonchev–Trinajstić information content (AvgIpc) is 2.91. The minimum Gasteiger partial charge on any atom is -0.368 e. The van der Waals surface area contributed by atoms with Crippen molar-refractivity contribution in [3.8, 4) is 0 Å². The smallest absolute Gasteiger partial charge is 0.237 e. The van der Waals surface area contributed by atoms with Gasteiger partial charge in [-0.3, -0.25) is 14.6 Å². The fraction of sp³-hybridized carbons (Fsp3) is 0.952. The summed E-state index contributed by atoms with van der Waals surface area (Å²) in [4.78, 5) is 16.9.